The topological polar surface area (TPSA) is 210 Å². The molecule has 4 aromatic rings. The summed E-state index contributed by atoms with van der Waals surface area (Å²) in [6, 6.07) is 11.4. The van der Waals surface area contributed by atoms with Gasteiger partial charge in [0, 0.05) is 81.4 Å². The molecule has 3 saturated heterocycles. The molecule has 0 radical (unpaired) electrons. The van der Waals surface area contributed by atoms with Crippen LogP contribution in [0, 0.1) is 5.41 Å². The zero-order valence-electron chi connectivity index (χ0n) is 39.5. The van der Waals surface area contributed by atoms with E-state index in [1.807, 2.05) is 25.1 Å². The molecule has 4 aliphatic rings. The number of likely N-dealkylation sites (tertiary alicyclic amines) is 1. The first-order valence-corrected chi connectivity index (χ1v) is 23.2. The van der Waals surface area contributed by atoms with E-state index >= 15 is 0 Å². The number of carbonyl (C=O) groups is 5. The van der Waals surface area contributed by atoms with Crippen LogP contribution < -0.4 is 21.4 Å². The molecule has 6 bridgehead atoms. The van der Waals surface area contributed by atoms with Crippen LogP contribution in [-0.4, -0.2) is 136 Å². The number of esters is 1. The minimum absolute atomic E-state index is 0.0252. The van der Waals surface area contributed by atoms with Crippen LogP contribution in [0.4, 0.5) is 4.79 Å². The van der Waals surface area contributed by atoms with Crippen molar-refractivity contribution in [1.29, 1.82) is 0 Å². The SMILES string of the molecule is C=C(C)[C@@H](C(=O)N[C@H]1Cc2cc(O)cc(c2)-c2ccc3c(c2)c(c(-c2cccnc2[C@H](C)OC)n3CC)CC(C)(C)COC(=O)[C@@H]2CCCN(N2)C1=O)N(C)C(=O)N1CC(NC(=O)[C@H]2CN2)C1. The van der Waals surface area contributed by atoms with E-state index in [9.17, 15) is 29.1 Å². The number of hydrogen-bond donors (Lipinski definition) is 5. The van der Waals surface area contributed by atoms with Crippen LogP contribution >= 0.6 is 0 Å². The summed E-state index contributed by atoms with van der Waals surface area (Å²) in [5.74, 6) is -1.76. The smallest absolute Gasteiger partial charge is 0.324 e. The molecule has 67 heavy (non-hydrogen) atoms. The number of carbonyl (C=O) groups excluding carboxylic acids is 5. The Hall–Kier alpha value is -6.30. The van der Waals surface area contributed by atoms with Gasteiger partial charge >= 0.3 is 12.0 Å². The standard InChI is InChI=1S/C50H63N9O8/c1-9-58-41-15-14-31-22-36(41)37(44(58)35-12-10-16-51-42(35)29(4)66-8)23-50(5,6)27-67-48(64)38-13-11-17-59(55-38)47(63)39(20-30-18-32(31)21-34(60)19-30)54-46(62)43(28(2)3)56(7)49(65)57-25-33(26-57)53-45(61)40-24-52-40/h10,12,14-16,18-19,21-22,29,33,38-40,43,52,55,60H,2,9,11,13,17,20,23-27H2,1,3-8H3,(H,53,61)(H,54,62)/t29-,38-,39-,40+,43-/m0/s1. The van der Waals surface area contributed by atoms with E-state index in [-0.39, 0.29) is 62.5 Å². The summed E-state index contributed by atoms with van der Waals surface area (Å²) >= 11 is 0. The van der Waals surface area contributed by atoms with Gasteiger partial charge in [0.25, 0.3) is 5.91 Å². The molecule has 17 heteroatoms. The van der Waals surface area contributed by atoms with E-state index in [1.165, 1.54) is 17.0 Å². The van der Waals surface area contributed by atoms with Gasteiger partial charge in [-0.15, -0.1) is 0 Å². The Morgan fingerprint density at radius 2 is 1.87 bits per heavy atom. The van der Waals surface area contributed by atoms with E-state index in [0.29, 0.717) is 49.1 Å². The fraction of sp³-hybridized carbons (Fsp3) is 0.480. The molecule has 2 aromatic carbocycles. The van der Waals surface area contributed by atoms with Crippen LogP contribution in [0.5, 0.6) is 5.75 Å². The molecule has 4 aliphatic heterocycles. The number of hydrogen-bond acceptors (Lipinski definition) is 11. The second kappa shape index (κ2) is 19.1. The predicted molar refractivity (Wildman–Crippen MR) is 252 cm³/mol. The summed E-state index contributed by atoms with van der Waals surface area (Å²) in [7, 11) is 3.18. The average Bonchev–Trinajstić information content (AvgIpc) is 4.11. The van der Waals surface area contributed by atoms with Crippen molar-refractivity contribution in [3.8, 4) is 28.1 Å². The molecular formula is C50H63N9O8. The van der Waals surface area contributed by atoms with Crippen molar-refractivity contribution in [3.63, 3.8) is 0 Å². The number of ether oxygens (including phenoxy) is 2. The van der Waals surface area contributed by atoms with Crippen LogP contribution in [0.25, 0.3) is 33.3 Å². The zero-order chi connectivity index (χ0) is 47.9. The number of phenolic OH excluding ortho intramolecular Hbond substituents is 1. The number of aromatic hydroxyl groups is 1. The normalized spacial score (nSPS) is 21.6. The van der Waals surface area contributed by atoms with Gasteiger partial charge in [-0.1, -0.05) is 32.6 Å². The molecule has 2 aromatic heterocycles. The van der Waals surface area contributed by atoms with Crippen LogP contribution in [0.3, 0.4) is 0 Å². The Balaban J connectivity index is 1.16. The number of nitrogens with zero attached hydrogens (tertiary/aromatic N) is 5. The summed E-state index contributed by atoms with van der Waals surface area (Å²) in [5.41, 5.74) is 9.80. The Bertz CT molecular complexity index is 2600. The third kappa shape index (κ3) is 9.90. The number of likely N-dealkylation sites (N-methyl/N-ethyl adjacent to an activating group) is 1. The number of phenols is 1. The van der Waals surface area contributed by atoms with Crippen molar-refractivity contribution in [2.75, 3.05) is 46.9 Å². The van der Waals surface area contributed by atoms with Crippen molar-refractivity contribution in [2.24, 2.45) is 5.41 Å². The lowest BCUT2D eigenvalue weighted by Gasteiger charge is -2.43. The lowest BCUT2D eigenvalue weighted by Crippen LogP contribution is -2.65. The van der Waals surface area contributed by atoms with E-state index in [1.54, 1.807) is 37.3 Å². The predicted octanol–water partition coefficient (Wildman–Crippen LogP) is 4.22. The van der Waals surface area contributed by atoms with Gasteiger partial charge in [0.15, 0.2) is 0 Å². The third-order valence-corrected chi connectivity index (χ3v) is 13.3. The largest absolute Gasteiger partial charge is 0.508 e. The highest BCUT2D eigenvalue weighted by molar-refractivity contribution is 5.96. The van der Waals surface area contributed by atoms with Crippen LogP contribution in [0.1, 0.15) is 70.4 Å². The molecule has 3 fully saturated rings. The third-order valence-electron chi connectivity index (χ3n) is 13.3. The second-order valence-electron chi connectivity index (χ2n) is 19.2. The highest BCUT2D eigenvalue weighted by atomic mass is 16.5. The van der Waals surface area contributed by atoms with Gasteiger partial charge < -0.3 is 44.9 Å². The highest BCUT2D eigenvalue weighted by Gasteiger charge is 2.41. The lowest BCUT2D eigenvalue weighted by molar-refractivity contribution is -0.155. The van der Waals surface area contributed by atoms with Crippen molar-refractivity contribution >= 4 is 40.6 Å². The molecule has 0 aliphatic carbocycles. The highest BCUT2D eigenvalue weighted by Crippen LogP contribution is 2.42. The number of pyridine rings is 1. The molecule has 6 heterocycles. The number of urea groups is 1. The number of amides is 5. The van der Waals surface area contributed by atoms with Crippen LogP contribution in [0.15, 0.2) is 66.9 Å². The average molecular weight is 918 g/mol. The quantitative estimate of drug-likeness (QED) is 0.0865. The van der Waals surface area contributed by atoms with Crippen molar-refractivity contribution in [1.82, 2.24) is 45.7 Å². The number of aryl methyl sites for hydroxylation is 1. The first-order valence-electron chi connectivity index (χ1n) is 23.2. The maximum absolute atomic E-state index is 14.7. The molecule has 5 N–H and O–H groups in total. The maximum Gasteiger partial charge on any atom is 0.324 e. The number of nitrogens with one attached hydrogen (secondary N) is 4. The summed E-state index contributed by atoms with van der Waals surface area (Å²) < 4.78 is 14.2. The van der Waals surface area contributed by atoms with Crippen molar-refractivity contribution in [3.05, 3.63) is 83.7 Å². The lowest BCUT2D eigenvalue weighted by atomic mass is 9.84. The monoisotopic (exact) mass is 917 g/mol. The van der Waals surface area contributed by atoms with E-state index < -0.39 is 47.4 Å². The van der Waals surface area contributed by atoms with Crippen molar-refractivity contribution < 1.29 is 38.6 Å². The van der Waals surface area contributed by atoms with Gasteiger partial charge in [-0.3, -0.25) is 29.2 Å². The summed E-state index contributed by atoms with van der Waals surface area (Å²) in [6.07, 6.45) is 2.90. The van der Waals surface area contributed by atoms with Crippen LogP contribution in [-0.2, 0) is 48.0 Å². The van der Waals surface area contributed by atoms with Gasteiger partial charge in [-0.25, -0.2) is 10.2 Å². The van der Waals surface area contributed by atoms with E-state index in [0.717, 1.165) is 39.0 Å². The number of hydrazine groups is 1. The Kier molecular flexibility index (Phi) is 13.5. The second-order valence-corrected chi connectivity index (χ2v) is 19.2. The number of rotatable bonds is 10. The van der Waals surface area contributed by atoms with Gasteiger partial charge in [-0.05, 0) is 104 Å². The fourth-order valence-corrected chi connectivity index (χ4v) is 9.65. The minimum atomic E-state index is -1.20. The van der Waals surface area contributed by atoms with Crippen molar-refractivity contribution in [2.45, 2.75) is 103 Å². The number of methoxy groups -OCH3 is 1. The van der Waals surface area contributed by atoms with E-state index in [4.69, 9.17) is 14.5 Å². The summed E-state index contributed by atoms with van der Waals surface area (Å²) in [4.78, 5) is 76.6. The summed E-state index contributed by atoms with van der Waals surface area (Å²) in [5, 5.41) is 22.5. The number of cyclic esters (lactones) is 1. The minimum Gasteiger partial charge on any atom is -0.508 e. The molecule has 0 unspecified atom stereocenters. The molecule has 17 nitrogen and oxygen atoms in total. The summed E-state index contributed by atoms with van der Waals surface area (Å²) in [6.45, 7) is 16.1. The van der Waals surface area contributed by atoms with Gasteiger partial charge in [0.05, 0.1) is 36.2 Å². The molecular weight excluding hydrogens is 855 g/mol. The maximum atomic E-state index is 14.7. The van der Waals surface area contributed by atoms with Gasteiger partial charge in [-0.2, -0.15) is 0 Å². The number of fused-ring (bicyclic) bond motifs is 6. The Morgan fingerprint density at radius 3 is 2.57 bits per heavy atom. The molecule has 5 amide bonds. The fourth-order valence-electron chi connectivity index (χ4n) is 9.65. The van der Waals surface area contributed by atoms with E-state index in [2.05, 4.69) is 71.5 Å². The Morgan fingerprint density at radius 1 is 1.10 bits per heavy atom. The molecule has 0 saturated carbocycles. The number of benzene rings is 2. The first kappa shape index (κ1) is 47.2. The molecule has 356 valence electrons. The first-order chi connectivity index (χ1) is 32.0. The molecule has 5 atom stereocenters. The molecule has 0 spiro atoms. The Labute approximate surface area is 391 Å². The van der Waals surface area contributed by atoms with Gasteiger partial charge in [0.1, 0.15) is 23.9 Å². The molecule has 8 rings (SSSR count). The van der Waals surface area contributed by atoms with Gasteiger partial charge in [0.2, 0.25) is 11.8 Å². The zero-order valence-corrected chi connectivity index (χ0v) is 39.5. The number of aromatic nitrogens is 2. The van der Waals surface area contributed by atoms with Crippen LogP contribution in [0.2, 0.25) is 0 Å².